The summed E-state index contributed by atoms with van der Waals surface area (Å²) in [6, 6.07) is 0. The topological polar surface area (TPSA) is 78.9 Å². The molecular formula is C77H130O6. The van der Waals surface area contributed by atoms with Gasteiger partial charge >= 0.3 is 17.9 Å². The van der Waals surface area contributed by atoms with Crippen molar-refractivity contribution in [2.24, 2.45) is 0 Å². The highest BCUT2D eigenvalue weighted by atomic mass is 16.6. The first-order valence-electron chi connectivity index (χ1n) is 35.0. The number of rotatable bonds is 63. The van der Waals surface area contributed by atoms with Crippen LogP contribution in [-0.4, -0.2) is 37.2 Å². The van der Waals surface area contributed by atoms with E-state index in [1.54, 1.807) is 0 Å². The van der Waals surface area contributed by atoms with Crippen LogP contribution in [0.5, 0.6) is 0 Å². The molecule has 0 bridgehead atoms. The van der Waals surface area contributed by atoms with Gasteiger partial charge in [0.15, 0.2) is 6.10 Å². The van der Waals surface area contributed by atoms with E-state index >= 15 is 0 Å². The Balaban J connectivity index is 4.34. The highest BCUT2D eigenvalue weighted by Crippen LogP contribution is 2.16. The summed E-state index contributed by atoms with van der Waals surface area (Å²) < 4.78 is 16.9. The van der Waals surface area contributed by atoms with Gasteiger partial charge in [-0.1, -0.05) is 309 Å². The minimum Gasteiger partial charge on any atom is -0.462 e. The Morgan fingerprint density at radius 2 is 0.494 bits per heavy atom. The Bertz CT molecular complexity index is 1700. The van der Waals surface area contributed by atoms with Crippen molar-refractivity contribution in [1.29, 1.82) is 0 Å². The molecule has 0 aromatic heterocycles. The predicted molar refractivity (Wildman–Crippen MR) is 362 cm³/mol. The summed E-state index contributed by atoms with van der Waals surface area (Å²) >= 11 is 0. The van der Waals surface area contributed by atoms with Gasteiger partial charge in [0.25, 0.3) is 0 Å². The molecule has 474 valence electrons. The van der Waals surface area contributed by atoms with Crippen LogP contribution in [0.4, 0.5) is 0 Å². The number of hydrogen-bond donors (Lipinski definition) is 0. The maximum Gasteiger partial charge on any atom is 0.306 e. The zero-order chi connectivity index (χ0) is 59.9. The quantitative estimate of drug-likeness (QED) is 0.0261. The van der Waals surface area contributed by atoms with E-state index in [1.807, 2.05) is 6.08 Å². The fraction of sp³-hybridized carbons (Fsp3) is 0.701. The molecule has 1 unspecified atom stereocenters. The molecule has 0 aliphatic heterocycles. The average Bonchev–Trinajstić information content (AvgIpc) is 3.49. The summed E-state index contributed by atoms with van der Waals surface area (Å²) in [6.07, 6.45) is 98.1. The molecule has 0 aromatic rings. The number of carbonyl (C=O) groups excluding carboxylic acids is 3. The van der Waals surface area contributed by atoms with Crippen LogP contribution in [0, 0.1) is 0 Å². The van der Waals surface area contributed by atoms with E-state index in [0.717, 1.165) is 89.9 Å². The third-order valence-corrected chi connectivity index (χ3v) is 14.9. The van der Waals surface area contributed by atoms with E-state index in [4.69, 9.17) is 14.2 Å². The highest BCUT2D eigenvalue weighted by molar-refractivity contribution is 5.71. The Hall–Kier alpha value is -4.19. The van der Waals surface area contributed by atoms with Gasteiger partial charge in [-0.2, -0.15) is 0 Å². The maximum atomic E-state index is 12.9. The van der Waals surface area contributed by atoms with Crippen LogP contribution in [0.25, 0.3) is 0 Å². The second-order valence-electron chi connectivity index (χ2n) is 23.1. The molecule has 0 radical (unpaired) electrons. The number of esters is 3. The molecule has 0 saturated carbocycles. The first-order chi connectivity index (χ1) is 41.0. The Morgan fingerprint density at radius 1 is 0.253 bits per heavy atom. The van der Waals surface area contributed by atoms with E-state index < -0.39 is 6.10 Å². The summed E-state index contributed by atoms with van der Waals surface area (Å²) in [7, 11) is 0. The van der Waals surface area contributed by atoms with Crippen molar-refractivity contribution >= 4 is 17.9 Å². The van der Waals surface area contributed by atoms with Crippen LogP contribution in [0.3, 0.4) is 0 Å². The molecule has 6 nitrogen and oxygen atoms in total. The monoisotopic (exact) mass is 1150 g/mol. The Kier molecular flexibility index (Phi) is 66.7. The zero-order valence-corrected chi connectivity index (χ0v) is 54.4. The van der Waals surface area contributed by atoms with Crippen molar-refractivity contribution in [2.45, 2.75) is 335 Å². The Morgan fingerprint density at radius 3 is 0.807 bits per heavy atom. The molecule has 1 atom stereocenters. The lowest BCUT2D eigenvalue weighted by Gasteiger charge is -2.18. The van der Waals surface area contributed by atoms with Gasteiger partial charge in [-0.05, 0) is 122 Å². The average molecular weight is 1150 g/mol. The summed E-state index contributed by atoms with van der Waals surface area (Å²) in [5, 5.41) is 0. The fourth-order valence-electron chi connectivity index (χ4n) is 9.71. The fourth-order valence-corrected chi connectivity index (χ4v) is 9.71. The number of unbranched alkanes of at least 4 members (excludes halogenated alkanes) is 32. The second kappa shape index (κ2) is 70.3. The highest BCUT2D eigenvalue weighted by Gasteiger charge is 2.19. The zero-order valence-electron chi connectivity index (χ0n) is 54.4. The summed E-state index contributed by atoms with van der Waals surface area (Å²) in [5.41, 5.74) is 0. The van der Waals surface area contributed by atoms with Gasteiger partial charge in [0.1, 0.15) is 13.2 Å². The predicted octanol–water partition coefficient (Wildman–Crippen LogP) is 24.3. The SMILES string of the molecule is CC/C=C\C/C=C\C/C=C\C/C=C\CCC(=O)OCC(COC(=O)CCCCCCCCCCCCCC/C=C\C/C=C\C/C=C\CCCCCCC)OC(=O)CCCCCCCCCCCC/C=C\C/C=C\C/C=C\CCCCCCC. The number of allylic oxidation sites excluding steroid dienone is 20. The molecular weight excluding hydrogens is 1020 g/mol. The molecule has 0 aromatic carbocycles. The summed E-state index contributed by atoms with van der Waals surface area (Å²) in [5.74, 6) is -0.986. The van der Waals surface area contributed by atoms with Crippen molar-refractivity contribution in [3.8, 4) is 0 Å². The van der Waals surface area contributed by atoms with E-state index in [0.29, 0.717) is 19.3 Å². The Labute approximate surface area is 513 Å². The van der Waals surface area contributed by atoms with Crippen molar-refractivity contribution < 1.29 is 28.6 Å². The normalized spacial score (nSPS) is 12.9. The minimum atomic E-state index is -0.815. The first kappa shape index (κ1) is 78.8. The van der Waals surface area contributed by atoms with Crippen molar-refractivity contribution in [3.05, 3.63) is 122 Å². The molecule has 0 N–H and O–H groups in total. The van der Waals surface area contributed by atoms with Gasteiger partial charge in [-0.3, -0.25) is 14.4 Å². The number of hydrogen-bond acceptors (Lipinski definition) is 6. The molecule has 0 spiro atoms. The van der Waals surface area contributed by atoms with Crippen LogP contribution in [0.15, 0.2) is 122 Å². The van der Waals surface area contributed by atoms with Crippen molar-refractivity contribution in [2.75, 3.05) is 13.2 Å². The van der Waals surface area contributed by atoms with Gasteiger partial charge in [0.2, 0.25) is 0 Å². The molecule has 0 aliphatic carbocycles. The third kappa shape index (κ3) is 68.5. The van der Waals surface area contributed by atoms with Gasteiger partial charge in [0, 0.05) is 19.3 Å². The number of ether oxygens (including phenoxy) is 3. The largest absolute Gasteiger partial charge is 0.462 e. The van der Waals surface area contributed by atoms with Crippen molar-refractivity contribution in [3.63, 3.8) is 0 Å². The van der Waals surface area contributed by atoms with E-state index in [1.165, 1.54) is 193 Å². The lowest BCUT2D eigenvalue weighted by atomic mass is 10.0. The summed E-state index contributed by atoms with van der Waals surface area (Å²) in [4.78, 5) is 38.4. The van der Waals surface area contributed by atoms with Crippen LogP contribution in [0.1, 0.15) is 329 Å². The van der Waals surface area contributed by atoms with Crippen LogP contribution < -0.4 is 0 Å². The molecule has 0 amide bonds. The van der Waals surface area contributed by atoms with Crippen LogP contribution in [-0.2, 0) is 28.6 Å². The summed E-state index contributed by atoms with van der Waals surface area (Å²) in [6.45, 7) is 6.46. The van der Waals surface area contributed by atoms with Crippen LogP contribution in [0.2, 0.25) is 0 Å². The molecule has 6 heteroatoms. The van der Waals surface area contributed by atoms with Gasteiger partial charge in [-0.25, -0.2) is 0 Å². The molecule has 0 heterocycles. The number of carbonyl (C=O) groups is 3. The molecule has 0 aliphatic rings. The minimum absolute atomic E-state index is 0.104. The first-order valence-corrected chi connectivity index (χ1v) is 35.0. The van der Waals surface area contributed by atoms with Gasteiger partial charge in [-0.15, -0.1) is 0 Å². The molecule has 83 heavy (non-hydrogen) atoms. The van der Waals surface area contributed by atoms with E-state index in [-0.39, 0.29) is 37.5 Å². The molecule has 0 saturated heterocycles. The third-order valence-electron chi connectivity index (χ3n) is 14.9. The smallest absolute Gasteiger partial charge is 0.306 e. The maximum absolute atomic E-state index is 12.9. The van der Waals surface area contributed by atoms with E-state index in [2.05, 4.69) is 136 Å². The van der Waals surface area contributed by atoms with Crippen LogP contribution >= 0.6 is 0 Å². The molecule has 0 fully saturated rings. The van der Waals surface area contributed by atoms with Crippen molar-refractivity contribution in [1.82, 2.24) is 0 Å². The lowest BCUT2D eigenvalue weighted by molar-refractivity contribution is -0.166. The van der Waals surface area contributed by atoms with Gasteiger partial charge < -0.3 is 14.2 Å². The van der Waals surface area contributed by atoms with E-state index in [9.17, 15) is 14.4 Å². The second-order valence-corrected chi connectivity index (χ2v) is 23.1. The van der Waals surface area contributed by atoms with Gasteiger partial charge in [0.05, 0.1) is 0 Å². The lowest BCUT2D eigenvalue weighted by Crippen LogP contribution is -2.30. The molecule has 0 rings (SSSR count). The standard InChI is InChI=1S/C77H130O6/c1-4-7-10-13-16-19-22-25-27-29-31-33-35-37-38-40-41-43-45-47-49-52-55-58-61-64-67-70-76(79)82-73-74(72-81-75(78)69-66-63-60-57-54-51-24-21-18-15-12-9-6-3)83-77(80)71-68-65-62-59-56-53-50-48-46-44-42-39-36-34-32-30-28-26-23-20-17-14-11-8-5-2/h9,12,18,21-23,25-26,29-32,35-37,39,51,54,60,63,74H,4-8,10-11,13-17,19-20,24,27-28,33-34,38,40-50,52-53,55-59,61-62,64-73H2,1-3H3/b12-9-,21-18-,25-22-,26-23-,31-29-,32-30-,37-35-,39-36-,54-51-,63-60-.